The van der Waals surface area contributed by atoms with Crippen LogP contribution in [0.1, 0.15) is 26.7 Å². The van der Waals surface area contributed by atoms with Crippen molar-refractivity contribution in [3.8, 4) is 0 Å². The predicted molar refractivity (Wildman–Crippen MR) is 80.2 cm³/mol. The second-order valence-corrected chi connectivity index (χ2v) is 7.08. The van der Waals surface area contributed by atoms with Crippen LogP contribution in [-0.4, -0.2) is 61.6 Å². The minimum atomic E-state index is -3.41. The highest BCUT2D eigenvalue weighted by Gasteiger charge is 2.31. The van der Waals surface area contributed by atoms with E-state index in [1.165, 1.54) is 4.31 Å². The van der Waals surface area contributed by atoms with Gasteiger partial charge < -0.3 is 10.6 Å². The topological polar surface area (TPSA) is 66.6 Å². The van der Waals surface area contributed by atoms with E-state index in [-0.39, 0.29) is 4.99 Å². The number of thiocarbonyl (C=S) groups is 1. The number of nitrogens with zero attached hydrogens (tertiary/aromatic N) is 2. The Balaban J connectivity index is 4.76. The second kappa shape index (κ2) is 8.04. The lowest BCUT2D eigenvalue weighted by molar-refractivity contribution is 0.355. The lowest BCUT2D eigenvalue weighted by Gasteiger charge is -2.25. The molecule has 0 aromatic carbocycles. The summed E-state index contributed by atoms with van der Waals surface area (Å²) in [5.41, 5.74) is 5.52. The van der Waals surface area contributed by atoms with Gasteiger partial charge in [-0.2, -0.15) is 0 Å². The average Bonchev–Trinajstić information content (AvgIpc) is 2.23. The molecule has 0 saturated heterocycles. The van der Waals surface area contributed by atoms with Crippen LogP contribution in [0.3, 0.4) is 0 Å². The summed E-state index contributed by atoms with van der Waals surface area (Å²) in [5, 5.41) is -0.744. The molecule has 18 heavy (non-hydrogen) atoms. The zero-order valence-electron chi connectivity index (χ0n) is 11.7. The van der Waals surface area contributed by atoms with Gasteiger partial charge in [-0.05, 0) is 33.5 Å². The summed E-state index contributed by atoms with van der Waals surface area (Å²) in [6, 6.07) is 0. The van der Waals surface area contributed by atoms with Gasteiger partial charge in [0.05, 0.1) is 4.99 Å². The van der Waals surface area contributed by atoms with Crippen molar-refractivity contribution in [3.63, 3.8) is 0 Å². The molecule has 0 amide bonds. The molecule has 0 fully saturated rings. The van der Waals surface area contributed by atoms with Gasteiger partial charge in [-0.15, -0.1) is 0 Å². The van der Waals surface area contributed by atoms with Gasteiger partial charge in [-0.3, -0.25) is 0 Å². The van der Waals surface area contributed by atoms with Crippen molar-refractivity contribution >= 4 is 27.2 Å². The maximum atomic E-state index is 12.4. The first-order valence-electron chi connectivity index (χ1n) is 6.20. The number of nitrogens with two attached hydrogens (primary N) is 1. The summed E-state index contributed by atoms with van der Waals surface area (Å²) < 4.78 is 26.2. The average molecular weight is 295 g/mol. The first-order valence-corrected chi connectivity index (χ1v) is 8.11. The molecular weight excluding hydrogens is 270 g/mol. The van der Waals surface area contributed by atoms with Gasteiger partial charge >= 0.3 is 0 Å². The summed E-state index contributed by atoms with van der Waals surface area (Å²) in [6.45, 7) is 5.44. The summed E-state index contributed by atoms with van der Waals surface area (Å²) >= 11 is 4.85. The van der Waals surface area contributed by atoms with Gasteiger partial charge in [0.1, 0.15) is 5.25 Å². The Hall–Kier alpha value is -0.240. The highest BCUT2D eigenvalue weighted by molar-refractivity contribution is 7.92. The molecule has 0 rings (SSSR count). The standard InChI is InChI=1S/C11H25N3O2S2/c1-5-10(11(12)17)18(15,16)14(6-2)9-7-8-13(3)4/h10H,5-9H2,1-4H3,(H2,12,17). The van der Waals surface area contributed by atoms with E-state index < -0.39 is 15.3 Å². The fraction of sp³-hybridized carbons (Fsp3) is 0.909. The maximum absolute atomic E-state index is 12.4. The number of hydrogen-bond donors (Lipinski definition) is 1. The molecule has 0 heterocycles. The van der Waals surface area contributed by atoms with E-state index in [0.29, 0.717) is 19.5 Å². The molecule has 2 N–H and O–H groups in total. The van der Waals surface area contributed by atoms with E-state index in [9.17, 15) is 8.42 Å². The first-order chi connectivity index (χ1) is 8.27. The Kier molecular flexibility index (Phi) is 7.93. The summed E-state index contributed by atoms with van der Waals surface area (Å²) in [7, 11) is 0.522. The van der Waals surface area contributed by atoms with Gasteiger partial charge in [-0.25, -0.2) is 12.7 Å². The summed E-state index contributed by atoms with van der Waals surface area (Å²) in [4.78, 5) is 2.09. The van der Waals surface area contributed by atoms with E-state index in [1.807, 2.05) is 25.9 Å². The predicted octanol–water partition coefficient (Wildman–Crippen LogP) is 0.655. The van der Waals surface area contributed by atoms with E-state index >= 15 is 0 Å². The van der Waals surface area contributed by atoms with Crippen LogP contribution in [0.25, 0.3) is 0 Å². The van der Waals surface area contributed by atoms with Crippen molar-refractivity contribution in [2.24, 2.45) is 5.73 Å². The maximum Gasteiger partial charge on any atom is 0.223 e. The number of sulfonamides is 1. The Morgan fingerprint density at radius 2 is 1.83 bits per heavy atom. The van der Waals surface area contributed by atoms with Crippen molar-refractivity contribution < 1.29 is 8.42 Å². The molecule has 1 atom stereocenters. The monoisotopic (exact) mass is 295 g/mol. The van der Waals surface area contributed by atoms with E-state index in [4.69, 9.17) is 18.0 Å². The zero-order chi connectivity index (χ0) is 14.3. The Morgan fingerprint density at radius 3 is 2.17 bits per heavy atom. The molecule has 0 aliphatic heterocycles. The van der Waals surface area contributed by atoms with Gasteiger partial charge in [0.25, 0.3) is 0 Å². The third-order valence-electron chi connectivity index (χ3n) is 2.77. The molecule has 0 radical (unpaired) electrons. The zero-order valence-corrected chi connectivity index (χ0v) is 13.4. The molecule has 7 heteroatoms. The minimum absolute atomic E-state index is 0.0589. The molecule has 0 aromatic rings. The van der Waals surface area contributed by atoms with Crippen molar-refractivity contribution in [3.05, 3.63) is 0 Å². The largest absolute Gasteiger partial charge is 0.392 e. The van der Waals surface area contributed by atoms with Crippen LogP contribution in [0, 0.1) is 0 Å². The van der Waals surface area contributed by atoms with Crippen LogP contribution in [0.5, 0.6) is 0 Å². The molecule has 0 spiro atoms. The highest BCUT2D eigenvalue weighted by Crippen LogP contribution is 2.13. The Bertz CT molecular complexity index is 355. The van der Waals surface area contributed by atoms with Gasteiger partial charge in [0.15, 0.2) is 0 Å². The molecule has 0 saturated carbocycles. The molecule has 0 aliphatic carbocycles. The van der Waals surface area contributed by atoms with Crippen molar-refractivity contribution in [2.45, 2.75) is 31.9 Å². The molecule has 0 aromatic heterocycles. The SMILES string of the molecule is CCC(C(N)=S)S(=O)(=O)N(CC)CCCN(C)C. The van der Waals surface area contributed by atoms with E-state index in [0.717, 1.165) is 13.0 Å². The van der Waals surface area contributed by atoms with Crippen molar-refractivity contribution in [1.82, 2.24) is 9.21 Å². The fourth-order valence-corrected chi connectivity index (χ4v) is 4.12. The Labute approximate surface area is 116 Å². The molecule has 108 valence electrons. The smallest absolute Gasteiger partial charge is 0.223 e. The van der Waals surface area contributed by atoms with Gasteiger partial charge in [-0.1, -0.05) is 26.1 Å². The van der Waals surface area contributed by atoms with Crippen LogP contribution in [-0.2, 0) is 10.0 Å². The van der Waals surface area contributed by atoms with Gasteiger partial charge in [0, 0.05) is 13.1 Å². The van der Waals surface area contributed by atoms with Crippen LogP contribution >= 0.6 is 12.2 Å². The first kappa shape index (κ1) is 17.8. The molecule has 1 unspecified atom stereocenters. The van der Waals surface area contributed by atoms with E-state index in [1.54, 1.807) is 6.92 Å². The quantitative estimate of drug-likeness (QED) is 0.633. The lowest BCUT2D eigenvalue weighted by atomic mass is 10.3. The van der Waals surface area contributed by atoms with Gasteiger partial charge in [0.2, 0.25) is 10.0 Å². The van der Waals surface area contributed by atoms with Crippen LogP contribution in [0.2, 0.25) is 0 Å². The third-order valence-corrected chi connectivity index (χ3v) is 5.67. The highest BCUT2D eigenvalue weighted by atomic mass is 32.2. The summed E-state index contributed by atoms with van der Waals surface area (Å²) in [6.07, 6.45) is 1.22. The molecular formula is C11H25N3O2S2. The second-order valence-electron chi connectivity index (χ2n) is 4.49. The lowest BCUT2D eigenvalue weighted by Crippen LogP contribution is -2.45. The summed E-state index contributed by atoms with van der Waals surface area (Å²) in [5.74, 6) is 0. The minimum Gasteiger partial charge on any atom is -0.392 e. The molecule has 0 bridgehead atoms. The van der Waals surface area contributed by atoms with Crippen LogP contribution in [0.4, 0.5) is 0 Å². The molecule has 5 nitrogen and oxygen atoms in total. The fourth-order valence-electron chi connectivity index (χ4n) is 1.77. The molecule has 0 aliphatic rings. The normalized spacial score (nSPS) is 14.1. The number of hydrogen-bond acceptors (Lipinski definition) is 4. The third kappa shape index (κ3) is 5.17. The Morgan fingerprint density at radius 1 is 1.28 bits per heavy atom. The van der Waals surface area contributed by atoms with Crippen molar-refractivity contribution in [1.29, 1.82) is 0 Å². The van der Waals surface area contributed by atoms with E-state index in [2.05, 4.69) is 0 Å². The van der Waals surface area contributed by atoms with Crippen LogP contribution < -0.4 is 5.73 Å². The van der Waals surface area contributed by atoms with Crippen LogP contribution in [0.15, 0.2) is 0 Å². The van der Waals surface area contributed by atoms with Crippen molar-refractivity contribution in [2.75, 3.05) is 33.7 Å². The number of rotatable bonds is 9.